The van der Waals surface area contributed by atoms with Gasteiger partial charge in [0.15, 0.2) is 0 Å². The van der Waals surface area contributed by atoms with Gasteiger partial charge >= 0.3 is 0 Å². The van der Waals surface area contributed by atoms with E-state index in [2.05, 4.69) is 10.3 Å². The molecule has 0 fully saturated rings. The fourth-order valence-corrected chi connectivity index (χ4v) is 3.41. The molecule has 1 aromatic carbocycles. The normalized spacial score (nSPS) is 14.9. The minimum atomic E-state index is -0.447. The summed E-state index contributed by atoms with van der Waals surface area (Å²) in [5.41, 5.74) is 5.74. The van der Waals surface area contributed by atoms with Crippen LogP contribution >= 0.6 is 0 Å². The first kappa shape index (κ1) is 16.9. The van der Waals surface area contributed by atoms with E-state index in [1.807, 2.05) is 16.8 Å². The van der Waals surface area contributed by atoms with Crippen molar-refractivity contribution in [2.24, 2.45) is 0 Å². The van der Waals surface area contributed by atoms with Crippen LogP contribution in [0.2, 0.25) is 0 Å². The molecule has 3 heterocycles. The molecule has 134 valence electrons. The van der Waals surface area contributed by atoms with Crippen LogP contribution in [-0.2, 0) is 19.5 Å². The van der Waals surface area contributed by atoms with Gasteiger partial charge in [0.2, 0.25) is 0 Å². The molecule has 0 saturated carbocycles. The quantitative estimate of drug-likeness (QED) is 0.758. The summed E-state index contributed by atoms with van der Waals surface area (Å²) in [6.45, 7) is 4.16. The molecule has 0 bridgehead atoms. The molecule has 1 atom stereocenters. The fourth-order valence-electron chi connectivity index (χ4n) is 3.41. The standard InChI is InChI=1S/C20H21FN4O/c1-13(26)10-17-11-15(6-7-23-17)19-18-12-22-8-9-25(18)24-20(19)14-2-4-16(21)5-3-14/h2-7,11,13,22,26H,8-10,12H2,1H3. The van der Waals surface area contributed by atoms with E-state index in [-0.39, 0.29) is 5.82 Å². The van der Waals surface area contributed by atoms with Gasteiger partial charge in [-0.25, -0.2) is 4.39 Å². The van der Waals surface area contributed by atoms with E-state index in [9.17, 15) is 9.50 Å². The van der Waals surface area contributed by atoms with Crippen molar-refractivity contribution < 1.29 is 9.50 Å². The molecular formula is C20H21FN4O. The SMILES string of the molecule is CC(O)Cc1cc(-c2c(-c3ccc(F)cc3)nn3c2CNCC3)ccn1. The predicted octanol–water partition coefficient (Wildman–Crippen LogP) is 2.78. The van der Waals surface area contributed by atoms with Gasteiger partial charge in [-0.15, -0.1) is 0 Å². The Balaban J connectivity index is 1.86. The van der Waals surface area contributed by atoms with Gasteiger partial charge in [0, 0.05) is 42.5 Å². The first-order valence-corrected chi connectivity index (χ1v) is 8.81. The van der Waals surface area contributed by atoms with Crippen LogP contribution in [0.15, 0.2) is 42.6 Å². The maximum absolute atomic E-state index is 13.4. The Kier molecular flexibility index (Phi) is 4.53. The third-order valence-corrected chi connectivity index (χ3v) is 4.58. The summed E-state index contributed by atoms with van der Waals surface area (Å²) < 4.78 is 15.4. The molecule has 0 saturated heterocycles. The number of aromatic nitrogens is 3. The molecule has 1 unspecified atom stereocenters. The molecule has 2 aromatic heterocycles. The van der Waals surface area contributed by atoms with E-state index in [0.29, 0.717) is 6.42 Å². The van der Waals surface area contributed by atoms with Crippen LogP contribution in [0.25, 0.3) is 22.4 Å². The molecule has 1 aliphatic heterocycles. The smallest absolute Gasteiger partial charge is 0.123 e. The van der Waals surface area contributed by atoms with E-state index in [0.717, 1.165) is 53.4 Å². The number of halogens is 1. The number of hydrogen-bond donors (Lipinski definition) is 2. The second-order valence-corrected chi connectivity index (χ2v) is 6.67. The molecule has 4 rings (SSSR count). The van der Waals surface area contributed by atoms with Crippen molar-refractivity contribution in [3.63, 3.8) is 0 Å². The first-order chi connectivity index (χ1) is 12.6. The Bertz CT molecular complexity index is 918. The van der Waals surface area contributed by atoms with Crippen LogP contribution in [0.3, 0.4) is 0 Å². The molecule has 1 aliphatic rings. The van der Waals surface area contributed by atoms with Crippen molar-refractivity contribution in [3.05, 3.63) is 59.8 Å². The predicted molar refractivity (Wildman–Crippen MR) is 97.9 cm³/mol. The Hall–Kier alpha value is -2.57. The lowest BCUT2D eigenvalue weighted by atomic mass is 9.98. The summed E-state index contributed by atoms with van der Waals surface area (Å²) in [5, 5.41) is 17.9. The van der Waals surface area contributed by atoms with Crippen LogP contribution < -0.4 is 5.32 Å². The zero-order valence-corrected chi connectivity index (χ0v) is 14.6. The molecule has 5 nitrogen and oxygen atoms in total. The van der Waals surface area contributed by atoms with Gasteiger partial charge in [-0.1, -0.05) is 0 Å². The van der Waals surface area contributed by atoms with Crippen molar-refractivity contribution in [2.45, 2.75) is 32.5 Å². The largest absolute Gasteiger partial charge is 0.393 e. The number of aliphatic hydroxyl groups excluding tert-OH is 1. The van der Waals surface area contributed by atoms with Crippen LogP contribution in [0, 0.1) is 5.82 Å². The summed E-state index contributed by atoms with van der Waals surface area (Å²) in [7, 11) is 0. The van der Waals surface area contributed by atoms with E-state index in [1.54, 1.807) is 25.3 Å². The van der Waals surface area contributed by atoms with Crippen LogP contribution in [0.1, 0.15) is 18.3 Å². The second-order valence-electron chi connectivity index (χ2n) is 6.67. The van der Waals surface area contributed by atoms with Gasteiger partial charge in [-0.05, 0) is 48.9 Å². The average Bonchev–Trinajstić information content (AvgIpc) is 3.01. The van der Waals surface area contributed by atoms with E-state index in [1.165, 1.54) is 12.1 Å². The van der Waals surface area contributed by atoms with Crippen molar-refractivity contribution >= 4 is 0 Å². The summed E-state index contributed by atoms with van der Waals surface area (Å²) in [6.07, 6.45) is 1.82. The maximum Gasteiger partial charge on any atom is 0.123 e. The summed E-state index contributed by atoms with van der Waals surface area (Å²) >= 11 is 0. The molecule has 26 heavy (non-hydrogen) atoms. The molecule has 0 radical (unpaired) electrons. The zero-order chi connectivity index (χ0) is 18.1. The van der Waals surface area contributed by atoms with Gasteiger partial charge in [0.05, 0.1) is 18.3 Å². The number of fused-ring (bicyclic) bond motifs is 1. The van der Waals surface area contributed by atoms with Gasteiger partial charge < -0.3 is 10.4 Å². The van der Waals surface area contributed by atoms with Gasteiger partial charge in [-0.2, -0.15) is 5.10 Å². The van der Waals surface area contributed by atoms with Crippen LogP contribution in [0.5, 0.6) is 0 Å². The zero-order valence-electron chi connectivity index (χ0n) is 14.6. The Morgan fingerprint density at radius 1 is 1.23 bits per heavy atom. The number of nitrogens with one attached hydrogen (secondary N) is 1. The van der Waals surface area contributed by atoms with Crippen LogP contribution in [-0.4, -0.2) is 32.5 Å². The number of hydrogen-bond acceptors (Lipinski definition) is 4. The fraction of sp³-hybridized carbons (Fsp3) is 0.300. The minimum Gasteiger partial charge on any atom is -0.393 e. The third kappa shape index (κ3) is 3.25. The molecular weight excluding hydrogens is 331 g/mol. The van der Waals surface area contributed by atoms with Crippen molar-refractivity contribution in [2.75, 3.05) is 6.54 Å². The molecule has 2 N–H and O–H groups in total. The topological polar surface area (TPSA) is 63.0 Å². The maximum atomic E-state index is 13.4. The highest BCUT2D eigenvalue weighted by Crippen LogP contribution is 2.35. The molecule has 0 aliphatic carbocycles. The number of pyridine rings is 1. The molecule has 0 amide bonds. The average molecular weight is 352 g/mol. The third-order valence-electron chi connectivity index (χ3n) is 4.58. The van der Waals surface area contributed by atoms with Crippen molar-refractivity contribution in [3.8, 4) is 22.4 Å². The highest BCUT2D eigenvalue weighted by Gasteiger charge is 2.22. The molecule has 3 aromatic rings. The second kappa shape index (κ2) is 6.97. The summed E-state index contributed by atoms with van der Waals surface area (Å²) in [6, 6.07) is 10.4. The van der Waals surface area contributed by atoms with Gasteiger partial charge in [0.1, 0.15) is 11.5 Å². The minimum absolute atomic E-state index is 0.260. The number of aliphatic hydroxyl groups is 1. The number of nitrogens with zero attached hydrogens (tertiary/aromatic N) is 3. The van der Waals surface area contributed by atoms with Crippen molar-refractivity contribution in [1.29, 1.82) is 0 Å². The Morgan fingerprint density at radius 2 is 2.04 bits per heavy atom. The Labute approximate surface area is 151 Å². The molecule has 6 heteroatoms. The molecule has 0 spiro atoms. The highest BCUT2D eigenvalue weighted by molar-refractivity contribution is 5.83. The van der Waals surface area contributed by atoms with Crippen LogP contribution in [0.4, 0.5) is 4.39 Å². The summed E-state index contributed by atoms with van der Waals surface area (Å²) in [4.78, 5) is 4.36. The summed E-state index contributed by atoms with van der Waals surface area (Å²) in [5.74, 6) is -0.260. The number of benzene rings is 1. The lowest BCUT2D eigenvalue weighted by molar-refractivity contribution is 0.194. The van der Waals surface area contributed by atoms with Crippen molar-refractivity contribution in [1.82, 2.24) is 20.1 Å². The lowest BCUT2D eigenvalue weighted by Gasteiger charge is -2.16. The lowest BCUT2D eigenvalue weighted by Crippen LogP contribution is -2.28. The Morgan fingerprint density at radius 3 is 2.81 bits per heavy atom. The van der Waals surface area contributed by atoms with Gasteiger partial charge in [0.25, 0.3) is 0 Å². The van der Waals surface area contributed by atoms with Gasteiger partial charge in [-0.3, -0.25) is 9.67 Å². The van der Waals surface area contributed by atoms with E-state index < -0.39 is 6.10 Å². The van der Waals surface area contributed by atoms with E-state index in [4.69, 9.17) is 5.10 Å². The number of rotatable bonds is 4. The highest BCUT2D eigenvalue weighted by atomic mass is 19.1. The van der Waals surface area contributed by atoms with E-state index >= 15 is 0 Å². The monoisotopic (exact) mass is 352 g/mol. The first-order valence-electron chi connectivity index (χ1n) is 8.81.